The smallest absolute Gasteiger partial charge is 0.241 e. The predicted molar refractivity (Wildman–Crippen MR) is 102 cm³/mol. The first-order valence-corrected chi connectivity index (χ1v) is 8.95. The lowest BCUT2D eigenvalue weighted by Gasteiger charge is -2.19. The number of hydrogen-bond acceptors (Lipinski definition) is 6. The van der Waals surface area contributed by atoms with Crippen LogP contribution in [0.1, 0.15) is 11.5 Å². The Morgan fingerprint density at radius 3 is 2.67 bits per heavy atom. The predicted octanol–water partition coefficient (Wildman–Crippen LogP) is 3.94. The summed E-state index contributed by atoms with van der Waals surface area (Å²) in [7, 11) is 0. The molecule has 2 heterocycles. The molecular weight excluding hydrogens is 412 g/mol. The highest BCUT2D eigenvalue weighted by Gasteiger charge is 2.14. The van der Waals surface area contributed by atoms with Crippen LogP contribution in [-0.4, -0.2) is 28.1 Å². The monoisotopic (exact) mass is 428 g/mol. The molecule has 128 valence electrons. The average Bonchev–Trinajstić information content (AvgIpc) is 3.17. The molecule has 3 rings (SSSR count). The molecule has 0 amide bonds. The van der Waals surface area contributed by atoms with Gasteiger partial charge in [-0.3, -0.25) is 4.90 Å². The first kappa shape index (κ1) is 19.1. The number of nitrogens with two attached hydrogens (primary N) is 1. The number of rotatable bonds is 7. The number of aromatic nitrogens is 2. The van der Waals surface area contributed by atoms with Crippen molar-refractivity contribution < 1.29 is 4.52 Å². The number of thiophene rings is 1. The van der Waals surface area contributed by atoms with Crippen LogP contribution in [0, 0.1) is 0 Å². The lowest BCUT2D eigenvalue weighted by Crippen LogP contribution is -2.28. The molecule has 0 atom stereocenters. The first-order valence-electron chi connectivity index (χ1n) is 7.28. The molecule has 5 nitrogen and oxygen atoms in total. The maximum Gasteiger partial charge on any atom is 0.241 e. The van der Waals surface area contributed by atoms with E-state index in [1.54, 1.807) is 11.3 Å². The van der Waals surface area contributed by atoms with Crippen molar-refractivity contribution in [2.24, 2.45) is 5.73 Å². The summed E-state index contributed by atoms with van der Waals surface area (Å²) in [4.78, 5) is 7.68. The Bertz CT molecular complexity index is 749. The minimum atomic E-state index is 0. The molecule has 8 heteroatoms. The number of benzene rings is 1. The van der Waals surface area contributed by atoms with E-state index in [9.17, 15) is 0 Å². The van der Waals surface area contributed by atoms with Crippen LogP contribution in [0.4, 0.5) is 0 Å². The molecule has 0 unspecified atom stereocenters. The van der Waals surface area contributed by atoms with Gasteiger partial charge in [0.05, 0.1) is 11.4 Å². The van der Waals surface area contributed by atoms with E-state index in [0.29, 0.717) is 24.8 Å². The van der Waals surface area contributed by atoms with Crippen molar-refractivity contribution in [2.45, 2.75) is 13.1 Å². The van der Waals surface area contributed by atoms with E-state index in [4.69, 9.17) is 10.3 Å². The Balaban J connectivity index is 0.00000208. The molecular formula is C16H18BrClN4OS. The second-order valence-electron chi connectivity index (χ2n) is 5.13. The molecule has 0 spiro atoms. The highest BCUT2D eigenvalue weighted by atomic mass is 79.9. The normalized spacial score (nSPS) is 10.8. The fourth-order valence-corrected chi connectivity index (χ4v) is 3.63. The van der Waals surface area contributed by atoms with E-state index in [0.717, 1.165) is 22.4 Å². The van der Waals surface area contributed by atoms with Crippen molar-refractivity contribution in [2.75, 3.05) is 13.1 Å². The fraction of sp³-hybridized carbons (Fsp3) is 0.250. The third kappa shape index (κ3) is 5.12. The zero-order chi connectivity index (χ0) is 16.1. The Labute approximate surface area is 159 Å². The maximum atomic E-state index is 5.72. The minimum Gasteiger partial charge on any atom is -0.338 e. The number of nitrogens with zero attached hydrogens (tertiary/aromatic N) is 3. The van der Waals surface area contributed by atoms with Crippen LogP contribution in [0.25, 0.3) is 10.7 Å². The van der Waals surface area contributed by atoms with Crippen LogP contribution in [0.3, 0.4) is 0 Å². The van der Waals surface area contributed by atoms with Crippen molar-refractivity contribution in [3.05, 3.63) is 57.7 Å². The Hall–Kier alpha value is -1.25. The molecule has 0 aliphatic carbocycles. The standard InChI is InChI=1S/C16H17BrN4OS.ClH/c17-13-8-14(23-11-13)16-19-15(22-20-16)10-21(7-6-18)9-12-4-2-1-3-5-12;/h1-5,8,11H,6-7,9-10,18H2;1H. The van der Waals surface area contributed by atoms with Crippen molar-refractivity contribution in [1.29, 1.82) is 0 Å². The summed E-state index contributed by atoms with van der Waals surface area (Å²) in [5, 5.41) is 6.07. The Morgan fingerprint density at radius 2 is 2.00 bits per heavy atom. The second kappa shape index (κ2) is 9.29. The molecule has 1 aromatic carbocycles. The molecule has 2 N–H and O–H groups in total. The Kier molecular flexibility index (Phi) is 7.39. The first-order chi connectivity index (χ1) is 11.2. The van der Waals surface area contributed by atoms with E-state index in [1.807, 2.05) is 29.6 Å². The third-order valence-corrected chi connectivity index (χ3v) is 5.00. The van der Waals surface area contributed by atoms with Crippen molar-refractivity contribution >= 4 is 39.7 Å². The van der Waals surface area contributed by atoms with Gasteiger partial charge in [-0.15, -0.1) is 23.7 Å². The van der Waals surface area contributed by atoms with E-state index in [1.165, 1.54) is 5.56 Å². The average molecular weight is 430 g/mol. The number of hydrogen-bond donors (Lipinski definition) is 1. The molecule has 0 saturated heterocycles. The highest BCUT2D eigenvalue weighted by molar-refractivity contribution is 9.10. The summed E-state index contributed by atoms with van der Waals surface area (Å²) in [5.41, 5.74) is 6.96. The Morgan fingerprint density at radius 1 is 1.21 bits per heavy atom. The van der Waals surface area contributed by atoms with E-state index in [2.05, 4.69) is 43.1 Å². The summed E-state index contributed by atoms with van der Waals surface area (Å²) in [6.45, 7) is 2.76. The number of halogens is 2. The lowest BCUT2D eigenvalue weighted by atomic mass is 10.2. The molecule has 0 aliphatic heterocycles. The minimum absolute atomic E-state index is 0. The molecule has 0 aliphatic rings. The van der Waals surface area contributed by atoms with E-state index < -0.39 is 0 Å². The quantitative estimate of drug-likeness (QED) is 0.616. The van der Waals surface area contributed by atoms with Gasteiger partial charge in [-0.1, -0.05) is 35.5 Å². The SMILES string of the molecule is Cl.NCCN(Cc1ccccc1)Cc1nc(-c2cc(Br)cs2)no1. The van der Waals surface area contributed by atoms with Crippen LogP contribution in [0.15, 0.2) is 50.8 Å². The summed E-state index contributed by atoms with van der Waals surface area (Å²) in [5.74, 6) is 1.23. The molecule has 0 bridgehead atoms. The summed E-state index contributed by atoms with van der Waals surface area (Å²) >= 11 is 5.02. The van der Waals surface area contributed by atoms with Crippen LogP contribution in [-0.2, 0) is 13.1 Å². The lowest BCUT2D eigenvalue weighted by molar-refractivity contribution is 0.224. The van der Waals surface area contributed by atoms with Gasteiger partial charge < -0.3 is 10.3 Å². The second-order valence-corrected chi connectivity index (χ2v) is 6.95. The summed E-state index contributed by atoms with van der Waals surface area (Å²) < 4.78 is 6.42. The van der Waals surface area contributed by atoms with Gasteiger partial charge in [0.1, 0.15) is 0 Å². The van der Waals surface area contributed by atoms with Gasteiger partial charge >= 0.3 is 0 Å². The fourth-order valence-electron chi connectivity index (χ4n) is 2.28. The molecule has 2 aromatic heterocycles. The van der Waals surface area contributed by atoms with Gasteiger partial charge in [0.25, 0.3) is 0 Å². The molecule has 0 saturated carbocycles. The molecule has 0 radical (unpaired) electrons. The molecule has 0 fully saturated rings. The van der Waals surface area contributed by atoms with E-state index >= 15 is 0 Å². The van der Waals surface area contributed by atoms with E-state index in [-0.39, 0.29) is 12.4 Å². The van der Waals surface area contributed by atoms with Crippen LogP contribution >= 0.6 is 39.7 Å². The van der Waals surface area contributed by atoms with Crippen molar-refractivity contribution in [1.82, 2.24) is 15.0 Å². The highest BCUT2D eigenvalue weighted by Crippen LogP contribution is 2.27. The largest absolute Gasteiger partial charge is 0.338 e. The maximum absolute atomic E-state index is 5.72. The van der Waals surface area contributed by atoms with Crippen LogP contribution in [0.2, 0.25) is 0 Å². The zero-order valence-corrected chi connectivity index (χ0v) is 16.1. The van der Waals surface area contributed by atoms with Gasteiger partial charge in [0.2, 0.25) is 11.7 Å². The molecule has 24 heavy (non-hydrogen) atoms. The molecule has 3 aromatic rings. The van der Waals surface area contributed by atoms with Gasteiger partial charge in [-0.2, -0.15) is 4.98 Å². The summed E-state index contributed by atoms with van der Waals surface area (Å²) in [6.07, 6.45) is 0. The summed E-state index contributed by atoms with van der Waals surface area (Å²) in [6, 6.07) is 12.3. The van der Waals surface area contributed by atoms with Gasteiger partial charge in [0.15, 0.2) is 0 Å². The third-order valence-electron chi connectivity index (χ3n) is 3.31. The van der Waals surface area contributed by atoms with Crippen LogP contribution < -0.4 is 5.73 Å². The topological polar surface area (TPSA) is 68.2 Å². The van der Waals surface area contributed by atoms with Gasteiger partial charge in [0, 0.05) is 29.5 Å². The van der Waals surface area contributed by atoms with Crippen LogP contribution in [0.5, 0.6) is 0 Å². The van der Waals surface area contributed by atoms with Gasteiger partial charge in [-0.05, 0) is 27.6 Å². The van der Waals surface area contributed by atoms with Crippen molar-refractivity contribution in [3.8, 4) is 10.7 Å². The van der Waals surface area contributed by atoms with Gasteiger partial charge in [-0.25, -0.2) is 0 Å². The van der Waals surface area contributed by atoms with Crippen molar-refractivity contribution in [3.63, 3.8) is 0 Å². The zero-order valence-electron chi connectivity index (χ0n) is 12.9.